The Bertz CT molecular complexity index is 690. The minimum Gasteiger partial charge on any atom is -0.549 e. The van der Waals surface area contributed by atoms with Gasteiger partial charge in [-0.1, -0.05) is 0 Å². The molecule has 0 aliphatic carbocycles. The molecule has 0 aliphatic rings. The van der Waals surface area contributed by atoms with E-state index in [-0.39, 0.29) is 126 Å². The Kier molecular flexibility index (Phi) is 158. The first-order valence-corrected chi connectivity index (χ1v) is 12.2. The van der Waals surface area contributed by atoms with Gasteiger partial charge in [-0.15, -0.1) is 0 Å². The van der Waals surface area contributed by atoms with Gasteiger partial charge in [0.05, 0.1) is 71.6 Å². The molecule has 0 aromatic heterocycles. The van der Waals surface area contributed by atoms with E-state index < -0.39 is 59.7 Å². The van der Waals surface area contributed by atoms with E-state index in [1.54, 1.807) is 0 Å². The van der Waals surface area contributed by atoms with E-state index in [4.69, 9.17) is 104 Å². The van der Waals surface area contributed by atoms with Gasteiger partial charge < -0.3 is 156 Å². The minimum atomic E-state index is -1.22. The average Bonchev–Trinajstić information content (AvgIpc) is 3.10. The van der Waals surface area contributed by atoms with Crippen LogP contribution in [0.5, 0.6) is 0 Å². The maximum atomic E-state index is 9.13. The molecule has 0 aromatic rings. The van der Waals surface area contributed by atoms with Gasteiger partial charge >= 0.3 is 60.9 Å². The van der Waals surface area contributed by atoms with Crippen LogP contribution in [0.25, 0.3) is 0 Å². The summed E-state index contributed by atoms with van der Waals surface area (Å²) in [5.41, 5.74) is 45.1. The molecule has 0 fully saturated rings. The second-order valence-corrected chi connectivity index (χ2v) is 5.76. The summed E-state index contributed by atoms with van der Waals surface area (Å²) in [5, 5.41) is 91.3. The molecule has 0 spiro atoms. The third-order valence-electron chi connectivity index (χ3n) is 1.67. The molecule has 55 heavy (non-hydrogen) atoms. The number of carbonyl (C=O) groups is 10. The standard InChI is InChI=1S/10C2H5NO2.2Al.ClHO.Zr/c10*3-1-2(4)5;;;1-2;/h10*1,3H2,(H,4,5);;;2H;/q;;;;;;;;;;2*+3;;+4/p-10. The van der Waals surface area contributed by atoms with Crippen LogP contribution >= 0.6 is 11.9 Å². The second-order valence-electron chi connectivity index (χ2n) is 5.76. The van der Waals surface area contributed by atoms with Gasteiger partial charge in [-0.3, -0.25) is 4.66 Å². The quantitative estimate of drug-likeness (QED) is 0.0906. The Morgan fingerprint density at radius 1 is 0.273 bits per heavy atom. The van der Waals surface area contributed by atoms with Gasteiger partial charge in [-0.2, -0.15) is 0 Å². The van der Waals surface area contributed by atoms with Crippen molar-refractivity contribution in [3.05, 3.63) is 0 Å². The normalized spacial score (nSPS) is 6.84. The van der Waals surface area contributed by atoms with E-state index in [0.29, 0.717) is 0 Å². The van der Waals surface area contributed by atoms with Gasteiger partial charge in [0, 0.05) is 65.4 Å². The molecule has 0 bridgehead atoms. The van der Waals surface area contributed by atoms with Crippen LogP contribution in [0.3, 0.4) is 0 Å². The number of carboxylic acid groups (broad SMARTS) is 10. The summed E-state index contributed by atoms with van der Waals surface area (Å²) in [6, 6.07) is 0. The van der Waals surface area contributed by atoms with Crippen molar-refractivity contribution in [3.63, 3.8) is 0 Å². The Morgan fingerprint density at radius 3 is 0.291 bits per heavy atom. The third kappa shape index (κ3) is 436. The summed E-state index contributed by atoms with van der Waals surface area (Å²) >= 11 is 3.64. The van der Waals surface area contributed by atoms with E-state index in [2.05, 4.69) is 69.2 Å². The van der Waals surface area contributed by atoms with Crippen LogP contribution < -0.4 is 108 Å². The number of carbonyl (C=O) groups excluding carboxylic acids is 10. The van der Waals surface area contributed by atoms with E-state index in [1.807, 2.05) is 0 Å². The predicted molar refractivity (Wildman–Crippen MR) is 160 cm³/mol. The maximum Gasteiger partial charge on any atom is 4.00 e. The zero-order valence-corrected chi connectivity index (χ0v) is 34.0. The van der Waals surface area contributed by atoms with Crippen LogP contribution in [-0.2, 0) is 74.1 Å². The van der Waals surface area contributed by atoms with Gasteiger partial charge in [-0.25, -0.2) is 0 Å². The molecule has 0 rings (SSSR count). The monoisotopic (exact) mass is 936 g/mol. The molecular formula is C20H41Al2ClN10O21Zr. The van der Waals surface area contributed by atoms with Crippen LogP contribution in [0.15, 0.2) is 0 Å². The Labute approximate surface area is 357 Å². The summed E-state index contributed by atoms with van der Waals surface area (Å²) < 4.78 is 6.47. The van der Waals surface area contributed by atoms with Crippen LogP contribution in [0, 0.1) is 0 Å². The van der Waals surface area contributed by atoms with Crippen LogP contribution in [0.4, 0.5) is 0 Å². The van der Waals surface area contributed by atoms with Crippen molar-refractivity contribution in [1.29, 1.82) is 0 Å². The Morgan fingerprint density at radius 2 is 0.291 bits per heavy atom. The molecule has 0 atom stereocenters. The van der Waals surface area contributed by atoms with E-state index >= 15 is 0 Å². The molecule has 0 saturated carbocycles. The number of halogens is 1. The van der Waals surface area contributed by atoms with Gasteiger partial charge in [0.25, 0.3) is 0 Å². The van der Waals surface area contributed by atoms with Crippen molar-refractivity contribution in [3.8, 4) is 0 Å². The molecule has 314 valence electrons. The van der Waals surface area contributed by atoms with Crippen molar-refractivity contribution in [2.24, 2.45) is 57.3 Å². The molecule has 0 saturated heterocycles. The first-order chi connectivity index (χ1) is 23.7. The molecule has 21 N–H and O–H groups in total. The molecular weight excluding hydrogens is 897 g/mol. The zero-order valence-electron chi connectivity index (χ0n) is 28.5. The largest absolute Gasteiger partial charge is 4.00 e. The fourth-order valence-electron chi connectivity index (χ4n) is 0. The number of hydrogen-bond acceptors (Lipinski definition) is 31. The fourth-order valence-corrected chi connectivity index (χ4v) is 0. The van der Waals surface area contributed by atoms with Crippen LogP contribution in [0.2, 0.25) is 0 Å². The Balaban J connectivity index is -0.0000000280. The first-order valence-electron chi connectivity index (χ1n) is 11.9. The molecule has 35 heteroatoms. The van der Waals surface area contributed by atoms with Crippen LogP contribution in [-0.4, -0.2) is 165 Å². The summed E-state index contributed by atoms with van der Waals surface area (Å²) in [6.07, 6.45) is 0. The van der Waals surface area contributed by atoms with Gasteiger partial charge in [-0.05, 0) is 0 Å². The Hall–Kier alpha value is -3.50. The minimum absolute atomic E-state index is 0. The predicted octanol–water partition coefficient (Wildman–Crippen LogP) is -23.7. The smallest absolute Gasteiger partial charge is 0.549 e. The SMILES string of the molecule is NCC(=O)[O-].NCC(=O)[O-].NCC(=O)[O-].NCC(=O)[O-].NCC(=O)[O-].NCC(=O)[O-].NCC(=O)[O-].NCC(=O)[O-].NCC(=O)[O-].NCC(=O)[O-].OCl.[Al+3].[Al+3].[Zr+4]. The summed E-state index contributed by atoms with van der Waals surface area (Å²) in [7, 11) is 0. The summed E-state index contributed by atoms with van der Waals surface area (Å²) in [6.45, 7) is -3.89. The van der Waals surface area contributed by atoms with E-state index in [9.17, 15) is 0 Å². The number of carboxylic acids is 10. The molecule has 0 unspecified atom stereocenters. The molecule has 0 amide bonds. The number of aliphatic carboxylic acids is 10. The van der Waals surface area contributed by atoms with Gasteiger partial charge in [0.15, 0.2) is 0 Å². The van der Waals surface area contributed by atoms with Gasteiger partial charge in [0.2, 0.25) is 0 Å². The number of rotatable bonds is 10. The molecule has 31 nitrogen and oxygen atoms in total. The molecule has 0 aromatic carbocycles. The maximum absolute atomic E-state index is 9.13. The van der Waals surface area contributed by atoms with Crippen molar-refractivity contribution in [2.45, 2.75) is 0 Å². The molecule has 0 heterocycles. The topological polar surface area (TPSA) is 682 Å². The fraction of sp³-hybridized carbons (Fsp3) is 0.500. The molecule has 0 radical (unpaired) electrons. The van der Waals surface area contributed by atoms with E-state index in [1.165, 1.54) is 0 Å². The van der Waals surface area contributed by atoms with Crippen molar-refractivity contribution in [2.75, 3.05) is 65.4 Å². The van der Waals surface area contributed by atoms with Crippen LogP contribution in [0.1, 0.15) is 0 Å². The van der Waals surface area contributed by atoms with Crippen molar-refractivity contribution in [1.82, 2.24) is 0 Å². The second kappa shape index (κ2) is 92.9. The molecule has 0 aliphatic heterocycles. The van der Waals surface area contributed by atoms with Crippen molar-refractivity contribution >= 4 is 106 Å². The van der Waals surface area contributed by atoms with Crippen molar-refractivity contribution < 1.29 is 130 Å². The number of nitrogens with two attached hydrogens (primary N) is 10. The third-order valence-corrected chi connectivity index (χ3v) is 1.67. The summed E-state index contributed by atoms with van der Waals surface area (Å²) in [4.78, 5) is 91.3. The average molecular weight is 938 g/mol. The zero-order chi connectivity index (χ0) is 44.8. The van der Waals surface area contributed by atoms with Gasteiger partial charge in [0.1, 0.15) is 0 Å². The first kappa shape index (κ1) is 93.4. The van der Waals surface area contributed by atoms with E-state index in [0.717, 1.165) is 0 Å². The summed E-state index contributed by atoms with van der Waals surface area (Å²) in [5.74, 6) is -12.2. The number of hydrogen-bond donors (Lipinski definition) is 11.